The molecular weight excluding hydrogens is 937 g/mol. The fraction of sp³-hybridized carbons (Fsp3) is 0.467. The van der Waals surface area contributed by atoms with Gasteiger partial charge in [-0.25, -0.2) is 0 Å². The van der Waals surface area contributed by atoms with Crippen molar-refractivity contribution in [2.45, 2.75) is 61.3 Å². The number of hydrogen-bond donors (Lipinski definition) is 5. The van der Waals surface area contributed by atoms with Gasteiger partial charge in [0, 0.05) is 122 Å². The molecular formula is C45H64CaN6O13S2. The van der Waals surface area contributed by atoms with Gasteiger partial charge in [-0.05, 0) is 71.3 Å². The van der Waals surface area contributed by atoms with Gasteiger partial charge in [-0.1, -0.05) is 12.1 Å². The molecule has 366 valence electrons. The maximum atomic E-state index is 12.9. The molecule has 5 N–H and O–H groups in total. The van der Waals surface area contributed by atoms with Gasteiger partial charge >= 0.3 is 37.7 Å². The summed E-state index contributed by atoms with van der Waals surface area (Å²) in [4.78, 5) is 26.6. The van der Waals surface area contributed by atoms with Crippen LogP contribution in [0, 0.1) is 13.8 Å². The van der Waals surface area contributed by atoms with Crippen molar-refractivity contribution in [2.24, 2.45) is 0 Å². The smallest absolute Gasteiger partial charge is 0.493 e. The number of fused-ring (bicyclic) bond motifs is 4. The molecule has 0 saturated heterocycles. The number of nitrogens with zero attached hydrogens (tertiary/aromatic N) is 6. The van der Waals surface area contributed by atoms with E-state index in [1.54, 1.807) is 26.6 Å². The molecule has 0 spiro atoms. The molecule has 8 rings (SSSR count). The Labute approximate surface area is 426 Å². The van der Waals surface area contributed by atoms with Crippen LogP contribution < -0.4 is 28.9 Å². The molecule has 0 radical (unpaired) electrons. The molecule has 19 nitrogen and oxygen atoms in total. The molecule has 0 saturated carbocycles. The Morgan fingerprint density at radius 1 is 0.597 bits per heavy atom. The van der Waals surface area contributed by atoms with Crippen LogP contribution in [0.2, 0.25) is 0 Å². The Kier molecular flexibility index (Phi) is 31.5. The number of aromatic nitrogens is 6. The minimum Gasteiger partial charge on any atom is -0.493 e. The van der Waals surface area contributed by atoms with Gasteiger partial charge in [0.05, 0.1) is 70.9 Å². The Balaban J connectivity index is 0.000000558. The summed E-state index contributed by atoms with van der Waals surface area (Å²) in [6.07, 6.45) is 6.71. The first-order valence-electron chi connectivity index (χ1n) is 20.6. The number of pyridine rings is 2. The standard InChI is InChI=1S/2C20H22N3O4S.5CH4O.Ca/c2*1-13-17(21-6-4-18(13)26-8-3-7-25-2)12-28(24)20-22-15-10-14-5-9-27-19(14)11-16(15)23-20;5*1-2;/h2*4,6,10-11H,3,5,7-9,12H2,1-2H3;5*2H,1H3;/q2*-1;;;;;;+2/t2*28-;;;;;;/m11....../s1. The van der Waals surface area contributed by atoms with Gasteiger partial charge < -0.3 is 73.9 Å². The second-order valence-electron chi connectivity index (χ2n) is 13.2. The summed E-state index contributed by atoms with van der Waals surface area (Å²) in [5.41, 5.74) is 8.41. The quantitative estimate of drug-likeness (QED) is 0.0689. The zero-order valence-electron chi connectivity index (χ0n) is 39.8. The van der Waals surface area contributed by atoms with Gasteiger partial charge in [0.1, 0.15) is 23.0 Å². The van der Waals surface area contributed by atoms with Gasteiger partial charge in [0.25, 0.3) is 0 Å². The number of rotatable bonds is 16. The van der Waals surface area contributed by atoms with Crippen molar-refractivity contribution < 1.29 is 62.4 Å². The normalized spacial score (nSPS) is 12.2. The fourth-order valence-electron chi connectivity index (χ4n) is 6.30. The average Bonchev–Trinajstić information content (AvgIpc) is 4.20. The van der Waals surface area contributed by atoms with Gasteiger partial charge in [0.15, 0.2) is 0 Å². The van der Waals surface area contributed by atoms with E-state index in [2.05, 4.69) is 29.9 Å². The van der Waals surface area contributed by atoms with E-state index in [1.165, 1.54) is 0 Å². The summed E-state index contributed by atoms with van der Waals surface area (Å²) < 4.78 is 58.5. The van der Waals surface area contributed by atoms with E-state index >= 15 is 0 Å². The van der Waals surface area contributed by atoms with Crippen molar-refractivity contribution in [1.82, 2.24) is 29.9 Å². The van der Waals surface area contributed by atoms with E-state index in [-0.39, 0.29) is 49.2 Å². The van der Waals surface area contributed by atoms with E-state index < -0.39 is 21.6 Å². The van der Waals surface area contributed by atoms with E-state index in [4.69, 9.17) is 54.0 Å². The molecule has 0 amide bonds. The van der Waals surface area contributed by atoms with Crippen LogP contribution in [0.4, 0.5) is 0 Å². The van der Waals surface area contributed by atoms with Crippen molar-refractivity contribution >= 4 is 81.4 Å². The molecule has 2 aliphatic heterocycles. The topological polar surface area (TPSA) is 270 Å². The van der Waals surface area contributed by atoms with Crippen molar-refractivity contribution in [1.29, 1.82) is 0 Å². The molecule has 0 bridgehead atoms. The summed E-state index contributed by atoms with van der Waals surface area (Å²) in [5.74, 6) is 3.68. The molecule has 22 heteroatoms. The van der Waals surface area contributed by atoms with Gasteiger partial charge in [-0.15, -0.1) is 0 Å². The molecule has 2 atom stereocenters. The van der Waals surface area contributed by atoms with E-state index in [0.29, 0.717) is 61.0 Å². The maximum Gasteiger partial charge on any atom is 2.00 e. The molecule has 4 aromatic heterocycles. The third-order valence-corrected chi connectivity index (χ3v) is 11.6. The minimum atomic E-state index is -1.39. The zero-order valence-corrected chi connectivity index (χ0v) is 43.7. The number of imidazole rings is 2. The van der Waals surface area contributed by atoms with Crippen molar-refractivity contribution in [3.63, 3.8) is 0 Å². The summed E-state index contributed by atoms with van der Waals surface area (Å²) in [6, 6.07) is 11.4. The SMILES string of the molecule is CO.CO.CO.CO.CO.COCCCOc1ccnc(C[S@@](=O)c2nc3cc4c(cc3[n-]2)OCC4)c1C.COCCCOc1ccnc(C[S@@](=O)c2nc3cc4c(cc3[n-]2)OCC4)c1C.[Ca+2]. The largest absolute Gasteiger partial charge is 2.00 e. The van der Waals surface area contributed by atoms with Crippen LogP contribution in [0.15, 0.2) is 59.1 Å². The number of ether oxygens (including phenoxy) is 6. The van der Waals surface area contributed by atoms with Crippen molar-refractivity contribution in [2.75, 3.05) is 89.4 Å². The third kappa shape index (κ3) is 17.9. The predicted molar refractivity (Wildman–Crippen MR) is 257 cm³/mol. The second kappa shape index (κ2) is 34.4. The first-order chi connectivity index (χ1) is 32.3. The van der Waals surface area contributed by atoms with Gasteiger partial charge in [0.2, 0.25) is 0 Å². The van der Waals surface area contributed by atoms with Gasteiger partial charge in [-0.2, -0.15) is 0 Å². The number of aliphatic hydroxyl groups is 5. The van der Waals surface area contributed by atoms with Crippen LogP contribution in [-0.4, -0.2) is 181 Å². The van der Waals surface area contributed by atoms with E-state index in [0.717, 1.165) is 129 Å². The predicted octanol–water partition coefficient (Wildman–Crippen LogP) is 2.77. The Morgan fingerprint density at radius 2 is 0.970 bits per heavy atom. The number of hydrogen-bond acceptors (Lipinski definition) is 17. The van der Waals surface area contributed by atoms with E-state index in [9.17, 15) is 8.42 Å². The van der Waals surface area contributed by atoms with Crippen LogP contribution in [-0.2, 0) is 55.4 Å². The van der Waals surface area contributed by atoms with Crippen LogP contribution in [0.3, 0.4) is 0 Å². The monoisotopic (exact) mass is 1000 g/mol. The Hall–Kier alpha value is -3.84. The Bertz CT molecular complexity index is 2140. The fourth-order valence-corrected chi connectivity index (χ4v) is 8.43. The number of aliphatic hydroxyl groups excluding tert-OH is 5. The molecule has 0 unspecified atom stereocenters. The summed E-state index contributed by atoms with van der Waals surface area (Å²) >= 11 is 0. The zero-order chi connectivity index (χ0) is 49.0. The molecule has 2 aromatic carbocycles. The first kappa shape index (κ1) is 61.2. The summed E-state index contributed by atoms with van der Waals surface area (Å²) in [5, 5.41) is 35.7. The van der Waals surface area contributed by atoms with Crippen LogP contribution >= 0.6 is 0 Å². The number of benzene rings is 2. The van der Waals surface area contributed by atoms with Crippen LogP contribution in [0.5, 0.6) is 23.0 Å². The molecule has 0 aliphatic carbocycles. The van der Waals surface area contributed by atoms with E-state index in [1.807, 2.05) is 50.2 Å². The number of methoxy groups -OCH3 is 2. The molecule has 6 heterocycles. The Morgan fingerprint density at radius 3 is 1.33 bits per heavy atom. The molecule has 67 heavy (non-hydrogen) atoms. The van der Waals surface area contributed by atoms with Crippen LogP contribution in [0.1, 0.15) is 46.5 Å². The van der Waals surface area contributed by atoms with Gasteiger partial charge in [-0.3, -0.25) is 18.4 Å². The second-order valence-corrected chi connectivity index (χ2v) is 15.9. The summed E-state index contributed by atoms with van der Waals surface area (Å²) in [6.45, 7) is 7.65. The van der Waals surface area contributed by atoms with Crippen LogP contribution in [0.25, 0.3) is 22.1 Å². The van der Waals surface area contributed by atoms with Crippen molar-refractivity contribution in [3.05, 3.63) is 82.4 Å². The minimum absolute atomic E-state index is 0. The average molecular weight is 1000 g/mol. The molecule has 2 aliphatic rings. The maximum absolute atomic E-state index is 12.9. The first-order valence-corrected chi connectivity index (χ1v) is 23.3. The third-order valence-electron chi connectivity index (χ3n) is 9.40. The molecule has 6 aromatic rings. The molecule has 0 fully saturated rings. The van der Waals surface area contributed by atoms with Crippen molar-refractivity contribution in [3.8, 4) is 23.0 Å². The summed E-state index contributed by atoms with van der Waals surface area (Å²) in [7, 11) is 5.55.